The summed E-state index contributed by atoms with van der Waals surface area (Å²) < 4.78 is 26.1. The summed E-state index contributed by atoms with van der Waals surface area (Å²) >= 11 is 0. The van der Waals surface area contributed by atoms with Crippen molar-refractivity contribution in [2.45, 2.75) is 4.90 Å². The summed E-state index contributed by atoms with van der Waals surface area (Å²) in [4.78, 5) is 21.2. The molecule has 1 saturated heterocycles. The quantitative estimate of drug-likeness (QED) is 0.572. The minimum atomic E-state index is -4.06. The van der Waals surface area contributed by atoms with Crippen molar-refractivity contribution in [3.8, 4) is 0 Å². The van der Waals surface area contributed by atoms with E-state index < -0.39 is 36.1 Å². The minimum absolute atomic E-state index is 0.211. The summed E-state index contributed by atoms with van der Waals surface area (Å²) in [5.74, 6) is 0. The van der Waals surface area contributed by atoms with Crippen molar-refractivity contribution in [1.82, 2.24) is 9.21 Å². The fourth-order valence-electron chi connectivity index (χ4n) is 2.02. The minimum Gasteiger partial charge on any atom is -0.304 e. The Labute approximate surface area is 126 Å². The maximum Gasteiger partial charge on any atom is 0.285 e. The molecular weight excluding hydrogens is 316 g/mol. The highest BCUT2D eigenvalue weighted by molar-refractivity contribution is 7.89. The van der Waals surface area contributed by atoms with E-state index in [2.05, 4.69) is 6.07 Å². The van der Waals surface area contributed by atoms with Crippen LogP contribution >= 0.6 is 0 Å². The van der Waals surface area contributed by atoms with Crippen molar-refractivity contribution in [2.75, 3.05) is 33.2 Å². The van der Waals surface area contributed by atoms with Gasteiger partial charge >= 0.3 is 0 Å². The van der Waals surface area contributed by atoms with Crippen molar-refractivity contribution >= 4 is 21.4 Å². The Bertz CT molecular complexity index is 679. The lowest BCUT2D eigenvalue weighted by Gasteiger charge is -2.31. The molecule has 1 radical (unpaired) electrons. The zero-order valence-corrected chi connectivity index (χ0v) is 12.4. The van der Waals surface area contributed by atoms with Crippen molar-refractivity contribution in [3.63, 3.8) is 0 Å². The molecule has 0 bridgehead atoms. The molecule has 1 aliphatic rings. The molecule has 1 fully saturated rings. The van der Waals surface area contributed by atoms with E-state index in [1.807, 2.05) is 11.9 Å². The lowest BCUT2D eigenvalue weighted by molar-refractivity contribution is -0.394. The standard InChI is InChI=1S/C11H13N4O6S/c1-12-2-4-13(5-3-12)22(20,21)11-7-9(14(16)17)6-10(8-11)15(18)19/h6-7H,2-5H2,1H3. The van der Waals surface area contributed by atoms with Crippen molar-refractivity contribution in [2.24, 2.45) is 0 Å². The average Bonchev–Trinajstić information content (AvgIpc) is 2.47. The predicted octanol–water partition coefficient (Wildman–Crippen LogP) is 0.239. The third-order valence-electron chi connectivity index (χ3n) is 3.30. The molecule has 119 valence electrons. The van der Waals surface area contributed by atoms with Gasteiger partial charge < -0.3 is 4.90 Å². The number of likely N-dealkylation sites (N-methyl/N-ethyl adjacent to an activating group) is 1. The largest absolute Gasteiger partial charge is 0.304 e. The van der Waals surface area contributed by atoms with Gasteiger partial charge in [-0.15, -0.1) is 0 Å². The fraction of sp³-hybridized carbons (Fsp3) is 0.455. The van der Waals surface area contributed by atoms with Gasteiger partial charge in [0.25, 0.3) is 11.4 Å². The fourth-order valence-corrected chi connectivity index (χ4v) is 3.45. The lowest BCUT2D eigenvalue weighted by atomic mass is 10.3. The second-order valence-electron chi connectivity index (χ2n) is 4.81. The monoisotopic (exact) mass is 329 g/mol. The highest BCUT2D eigenvalue weighted by atomic mass is 32.2. The molecule has 0 atom stereocenters. The molecule has 11 heteroatoms. The topological polar surface area (TPSA) is 127 Å². The zero-order valence-electron chi connectivity index (χ0n) is 11.6. The van der Waals surface area contributed by atoms with Crippen LogP contribution < -0.4 is 0 Å². The molecule has 1 aromatic rings. The summed E-state index contributed by atoms with van der Waals surface area (Å²) in [5.41, 5.74) is -1.40. The Balaban J connectivity index is 2.46. The van der Waals surface area contributed by atoms with Gasteiger partial charge in [-0.25, -0.2) is 8.42 Å². The van der Waals surface area contributed by atoms with E-state index in [1.54, 1.807) is 0 Å². The van der Waals surface area contributed by atoms with Crippen LogP contribution in [0.25, 0.3) is 0 Å². The third-order valence-corrected chi connectivity index (χ3v) is 5.12. The van der Waals surface area contributed by atoms with Crippen LogP contribution in [0.5, 0.6) is 0 Å². The van der Waals surface area contributed by atoms with Crippen LogP contribution in [0.2, 0.25) is 0 Å². The number of benzene rings is 1. The number of nitro groups is 2. The normalized spacial score (nSPS) is 17.3. The van der Waals surface area contributed by atoms with E-state index >= 15 is 0 Å². The summed E-state index contributed by atoms with van der Waals surface area (Å²) in [6.45, 7) is 1.44. The van der Waals surface area contributed by atoms with Gasteiger partial charge in [-0.05, 0) is 7.05 Å². The van der Waals surface area contributed by atoms with Crippen LogP contribution in [0.3, 0.4) is 0 Å². The predicted molar refractivity (Wildman–Crippen MR) is 74.8 cm³/mol. The second kappa shape index (κ2) is 5.94. The van der Waals surface area contributed by atoms with Crippen molar-refractivity contribution in [1.29, 1.82) is 0 Å². The van der Waals surface area contributed by atoms with E-state index in [0.29, 0.717) is 19.2 Å². The summed E-state index contributed by atoms with van der Waals surface area (Å²) in [7, 11) is -2.21. The Morgan fingerprint density at radius 1 is 1.09 bits per heavy atom. The third kappa shape index (κ3) is 3.21. The first-order valence-electron chi connectivity index (χ1n) is 6.26. The van der Waals surface area contributed by atoms with Gasteiger partial charge in [0.2, 0.25) is 10.0 Å². The van der Waals surface area contributed by atoms with Crippen LogP contribution in [0, 0.1) is 26.3 Å². The molecule has 1 heterocycles. The van der Waals surface area contributed by atoms with Gasteiger partial charge in [0.15, 0.2) is 0 Å². The van der Waals surface area contributed by atoms with E-state index in [4.69, 9.17) is 0 Å². The van der Waals surface area contributed by atoms with Gasteiger partial charge in [0.1, 0.15) is 4.90 Å². The number of sulfonamides is 1. The SMILES string of the molecule is CN1CCN(S(=O)(=O)c2[c]c([N+](=O)[O-])cc([N+](=O)[O-])c2)CC1. The van der Waals surface area contributed by atoms with E-state index in [-0.39, 0.29) is 13.1 Å². The first kappa shape index (κ1) is 16.3. The number of rotatable bonds is 4. The Hall–Kier alpha value is -2.11. The van der Waals surface area contributed by atoms with Gasteiger partial charge in [-0.1, -0.05) is 0 Å². The number of piperazine rings is 1. The maximum atomic E-state index is 12.5. The Morgan fingerprint density at radius 2 is 1.68 bits per heavy atom. The number of hydrogen-bond donors (Lipinski definition) is 0. The molecule has 22 heavy (non-hydrogen) atoms. The van der Waals surface area contributed by atoms with Gasteiger partial charge in [0, 0.05) is 32.2 Å². The summed E-state index contributed by atoms with van der Waals surface area (Å²) in [6.07, 6.45) is 0. The van der Waals surface area contributed by atoms with Crippen LogP contribution in [-0.4, -0.2) is 60.7 Å². The summed E-state index contributed by atoms with van der Waals surface area (Å²) in [6, 6.07) is 3.62. The van der Waals surface area contributed by atoms with Crippen LogP contribution in [0.15, 0.2) is 17.0 Å². The first-order chi connectivity index (χ1) is 10.2. The van der Waals surface area contributed by atoms with E-state index in [9.17, 15) is 28.6 Å². The molecule has 0 aromatic heterocycles. The van der Waals surface area contributed by atoms with E-state index in [0.717, 1.165) is 10.4 Å². The highest BCUT2D eigenvalue weighted by Crippen LogP contribution is 2.27. The number of nitrogens with zero attached hydrogens (tertiary/aromatic N) is 4. The van der Waals surface area contributed by atoms with Crippen LogP contribution in [0.1, 0.15) is 0 Å². The van der Waals surface area contributed by atoms with Crippen molar-refractivity contribution in [3.05, 3.63) is 38.4 Å². The number of nitro benzene ring substituents is 2. The molecule has 10 nitrogen and oxygen atoms in total. The van der Waals surface area contributed by atoms with Crippen LogP contribution in [-0.2, 0) is 10.0 Å². The van der Waals surface area contributed by atoms with Gasteiger partial charge in [0.05, 0.1) is 22.0 Å². The maximum absolute atomic E-state index is 12.5. The zero-order chi connectivity index (χ0) is 16.5. The number of hydrogen-bond acceptors (Lipinski definition) is 7. The molecule has 2 rings (SSSR count). The van der Waals surface area contributed by atoms with E-state index in [1.165, 1.54) is 0 Å². The van der Waals surface area contributed by atoms with Gasteiger partial charge in [-0.3, -0.25) is 20.2 Å². The number of non-ortho nitro benzene ring substituents is 2. The van der Waals surface area contributed by atoms with Gasteiger partial charge in [-0.2, -0.15) is 4.31 Å². The summed E-state index contributed by atoms with van der Waals surface area (Å²) in [5, 5.41) is 21.6. The second-order valence-corrected chi connectivity index (χ2v) is 6.72. The molecule has 0 N–H and O–H groups in total. The molecule has 0 unspecified atom stereocenters. The molecule has 0 spiro atoms. The Kier molecular flexibility index (Phi) is 4.39. The van der Waals surface area contributed by atoms with Crippen LogP contribution in [0.4, 0.5) is 11.4 Å². The molecule has 1 aromatic carbocycles. The Morgan fingerprint density at radius 3 is 2.18 bits per heavy atom. The molecule has 0 amide bonds. The molecule has 0 saturated carbocycles. The molecule has 0 aliphatic carbocycles. The first-order valence-corrected chi connectivity index (χ1v) is 7.70. The lowest BCUT2D eigenvalue weighted by Crippen LogP contribution is -2.47. The smallest absolute Gasteiger partial charge is 0.285 e. The molecular formula is C11H13N4O6S. The molecule has 1 aliphatic heterocycles. The van der Waals surface area contributed by atoms with Crippen molar-refractivity contribution < 1.29 is 18.3 Å². The average molecular weight is 329 g/mol. The highest BCUT2D eigenvalue weighted by Gasteiger charge is 2.31.